The van der Waals surface area contributed by atoms with Crippen molar-refractivity contribution in [2.24, 2.45) is 0 Å². The lowest BCUT2D eigenvalue weighted by Crippen LogP contribution is -2.59. The highest BCUT2D eigenvalue weighted by Gasteiger charge is 2.60. The lowest BCUT2D eigenvalue weighted by Gasteiger charge is -2.39. The lowest BCUT2D eigenvalue weighted by molar-refractivity contribution is -0.264. The summed E-state index contributed by atoms with van der Waals surface area (Å²) in [6.45, 7) is 2.93. The Morgan fingerprint density at radius 3 is 2.57 bits per heavy atom. The van der Waals surface area contributed by atoms with Gasteiger partial charge in [-0.3, -0.25) is 4.79 Å². The molecular formula is C19H24O9. The maximum Gasteiger partial charge on any atom is 0.366 e. The average Bonchev–Trinajstić information content (AvgIpc) is 3.02. The van der Waals surface area contributed by atoms with Crippen molar-refractivity contribution < 1.29 is 43.1 Å². The number of aliphatic hydroxyl groups excluding tert-OH is 1. The minimum Gasteiger partial charge on any atom is -0.465 e. The fourth-order valence-electron chi connectivity index (χ4n) is 3.23. The second kappa shape index (κ2) is 8.54. The molecule has 28 heavy (non-hydrogen) atoms. The van der Waals surface area contributed by atoms with E-state index >= 15 is 0 Å². The third-order valence-electron chi connectivity index (χ3n) is 4.57. The fraction of sp³-hybridized carbons (Fsp3) is 0.579. The van der Waals surface area contributed by atoms with Crippen LogP contribution in [0.5, 0.6) is 0 Å². The van der Waals surface area contributed by atoms with Crippen molar-refractivity contribution in [3.63, 3.8) is 0 Å². The molecule has 9 nitrogen and oxygen atoms in total. The standard InChI is InChI=1S/C19H24O9/c1-11(20)25-15-14(21)13(10-24-9-12-7-5-4-6-8-12)26-17-16(15)27-19(2,28-17)18(22)23-3/h4-8,13-17,21H,9-10H2,1-3H3/t13-,14-,15+,16-,17-,19+/m1/s1. The summed E-state index contributed by atoms with van der Waals surface area (Å²) < 4.78 is 32.5. The van der Waals surface area contributed by atoms with E-state index in [0.29, 0.717) is 6.61 Å². The van der Waals surface area contributed by atoms with Gasteiger partial charge in [0.25, 0.3) is 5.79 Å². The lowest BCUT2D eigenvalue weighted by atomic mass is 9.99. The number of benzene rings is 1. The third kappa shape index (κ3) is 4.34. The predicted octanol–water partition coefficient (Wildman–Crippen LogP) is 0.525. The fourth-order valence-corrected chi connectivity index (χ4v) is 3.23. The van der Waals surface area contributed by atoms with E-state index in [0.717, 1.165) is 5.56 Å². The molecule has 0 radical (unpaired) electrons. The Hall–Kier alpha value is -2.04. The Morgan fingerprint density at radius 1 is 1.21 bits per heavy atom. The highest BCUT2D eigenvalue weighted by atomic mass is 16.8. The number of methoxy groups -OCH3 is 1. The average molecular weight is 396 g/mol. The summed E-state index contributed by atoms with van der Waals surface area (Å²) in [6.07, 6.45) is -5.20. The van der Waals surface area contributed by atoms with Gasteiger partial charge in [0, 0.05) is 13.8 Å². The van der Waals surface area contributed by atoms with Gasteiger partial charge in [-0.1, -0.05) is 30.3 Å². The van der Waals surface area contributed by atoms with E-state index < -0.39 is 48.4 Å². The zero-order chi connectivity index (χ0) is 20.3. The Labute approximate surface area is 162 Å². The van der Waals surface area contributed by atoms with E-state index in [4.69, 9.17) is 23.7 Å². The molecule has 0 saturated carbocycles. The molecule has 6 atom stereocenters. The number of carbonyl (C=O) groups is 2. The first-order valence-electron chi connectivity index (χ1n) is 8.90. The second-order valence-corrected chi connectivity index (χ2v) is 6.75. The van der Waals surface area contributed by atoms with Gasteiger partial charge < -0.3 is 33.5 Å². The quantitative estimate of drug-likeness (QED) is 0.688. The molecule has 2 saturated heterocycles. The van der Waals surface area contributed by atoms with Crippen LogP contribution < -0.4 is 0 Å². The summed E-state index contributed by atoms with van der Waals surface area (Å²) in [7, 11) is 1.20. The number of esters is 2. The molecule has 0 amide bonds. The molecule has 0 unspecified atom stereocenters. The van der Waals surface area contributed by atoms with E-state index in [-0.39, 0.29) is 6.61 Å². The molecule has 2 fully saturated rings. The van der Waals surface area contributed by atoms with Gasteiger partial charge in [-0.15, -0.1) is 0 Å². The molecule has 3 rings (SSSR count). The number of hydrogen-bond acceptors (Lipinski definition) is 9. The van der Waals surface area contributed by atoms with Crippen molar-refractivity contribution >= 4 is 11.9 Å². The summed E-state index contributed by atoms with van der Waals surface area (Å²) in [5, 5.41) is 10.7. The van der Waals surface area contributed by atoms with Crippen LogP contribution >= 0.6 is 0 Å². The molecular weight excluding hydrogens is 372 g/mol. The van der Waals surface area contributed by atoms with Gasteiger partial charge in [0.15, 0.2) is 18.5 Å². The maximum absolute atomic E-state index is 12.0. The van der Waals surface area contributed by atoms with Gasteiger partial charge in [0.2, 0.25) is 0 Å². The SMILES string of the molecule is COC(=O)[C@]1(C)O[C@H]2O[C@H](COCc3ccccc3)[C@@H](O)[C@H](OC(C)=O)[C@H]2O1. The predicted molar refractivity (Wildman–Crippen MR) is 92.7 cm³/mol. The highest BCUT2D eigenvalue weighted by Crippen LogP contribution is 2.38. The number of aliphatic hydroxyl groups is 1. The molecule has 1 N–H and O–H groups in total. The Kier molecular flexibility index (Phi) is 6.31. The molecule has 2 aliphatic rings. The molecule has 154 valence electrons. The highest BCUT2D eigenvalue weighted by molar-refractivity contribution is 5.77. The van der Waals surface area contributed by atoms with E-state index in [1.165, 1.54) is 21.0 Å². The molecule has 2 aliphatic heterocycles. The number of rotatable bonds is 6. The molecule has 1 aromatic rings. The zero-order valence-corrected chi connectivity index (χ0v) is 15.9. The van der Waals surface area contributed by atoms with Crippen molar-refractivity contribution in [1.82, 2.24) is 0 Å². The van der Waals surface area contributed by atoms with Crippen LogP contribution in [0.4, 0.5) is 0 Å². The Balaban J connectivity index is 1.70. The monoisotopic (exact) mass is 396 g/mol. The second-order valence-electron chi connectivity index (χ2n) is 6.75. The van der Waals surface area contributed by atoms with Gasteiger partial charge in [-0.05, 0) is 5.56 Å². The molecule has 0 spiro atoms. The number of hydrogen-bond donors (Lipinski definition) is 1. The van der Waals surface area contributed by atoms with Crippen LogP contribution in [0, 0.1) is 0 Å². The molecule has 2 heterocycles. The first kappa shape index (κ1) is 20.7. The first-order chi connectivity index (χ1) is 13.3. The van der Waals surface area contributed by atoms with Crippen molar-refractivity contribution in [2.45, 2.75) is 56.9 Å². The molecule has 0 bridgehead atoms. The summed E-state index contributed by atoms with van der Waals surface area (Å²) in [6, 6.07) is 9.50. The van der Waals surface area contributed by atoms with Crippen LogP contribution in [0.1, 0.15) is 19.4 Å². The zero-order valence-electron chi connectivity index (χ0n) is 15.9. The normalized spacial score (nSPS) is 34.5. The molecule has 0 aliphatic carbocycles. The minimum atomic E-state index is -1.73. The maximum atomic E-state index is 12.0. The van der Waals surface area contributed by atoms with Gasteiger partial charge >= 0.3 is 11.9 Å². The van der Waals surface area contributed by atoms with Crippen molar-refractivity contribution in [3.05, 3.63) is 35.9 Å². The van der Waals surface area contributed by atoms with Crippen molar-refractivity contribution in [1.29, 1.82) is 0 Å². The van der Waals surface area contributed by atoms with Crippen LogP contribution in [0.3, 0.4) is 0 Å². The smallest absolute Gasteiger partial charge is 0.366 e. The van der Waals surface area contributed by atoms with Crippen molar-refractivity contribution in [3.8, 4) is 0 Å². The summed E-state index contributed by atoms with van der Waals surface area (Å²) in [4.78, 5) is 23.5. The van der Waals surface area contributed by atoms with Crippen molar-refractivity contribution in [2.75, 3.05) is 13.7 Å². The van der Waals surface area contributed by atoms with Crippen LogP contribution in [0.2, 0.25) is 0 Å². The van der Waals surface area contributed by atoms with E-state index in [9.17, 15) is 14.7 Å². The van der Waals surface area contributed by atoms with E-state index in [1.54, 1.807) is 0 Å². The number of carbonyl (C=O) groups excluding carboxylic acids is 2. The van der Waals surface area contributed by atoms with Crippen LogP contribution in [-0.4, -0.2) is 67.3 Å². The number of fused-ring (bicyclic) bond motifs is 1. The van der Waals surface area contributed by atoms with Gasteiger partial charge in [0.05, 0.1) is 20.3 Å². The molecule has 1 aromatic carbocycles. The summed E-state index contributed by atoms with van der Waals surface area (Å²) in [5.41, 5.74) is 0.959. The number of ether oxygens (including phenoxy) is 6. The van der Waals surface area contributed by atoms with Gasteiger partial charge in [-0.2, -0.15) is 0 Å². The van der Waals surface area contributed by atoms with Crippen LogP contribution in [0.25, 0.3) is 0 Å². The third-order valence-corrected chi connectivity index (χ3v) is 4.57. The first-order valence-corrected chi connectivity index (χ1v) is 8.90. The van der Waals surface area contributed by atoms with Gasteiger partial charge in [0.1, 0.15) is 12.2 Å². The van der Waals surface area contributed by atoms with E-state index in [1.807, 2.05) is 30.3 Å². The van der Waals surface area contributed by atoms with E-state index in [2.05, 4.69) is 4.74 Å². The largest absolute Gasteiger partial charge is 0.465 e. The summed E-state index contributed by atoms with van der Waals surface area (Å²) >= 11 is 0. The van der Waals surface area contributed by atoms with Gasteiger partial charge in [-0.25, -0.2) is 4.79 Å². The molecule has 9 heteroatoms. The van der Waals surface area contributed by atoms with Crippen LogP contribution in [0.15, 0.2) is 30.3 Å². The van der Waals surface area contributed by atoms with Crippen LogP contribution in [-0.2, 0) is 44.6 Å². The Bertz CT molecular complexity index is 694. The summed E-state index contributed by atoms with van der Waals surface area (Å²) in [5.74, 6) is -3.11. The molecule has 0 aromatic heterocycles. The topological polar surface area (TPSA) is 110 Å². The Morgan fingerprint density at radius 2 is 1.93 bits per heavy atom. The minimum absolute atomic E-state index is 0.0232.